The largest absolute Gasteiger partial charge is 0.360 e. The van der Waals surface area contributed by atoms with Crippen LogP contribution in [-0.2, 0) is 0 Å². The van der Waals surface area contributed by atoms with Gasteiger partial charge in [-0.1, -0.05) is 35.5 Å². The van der Waals surface area contributed by atoms with E-state index in [9.17, 15) is 4.79 Å². The summed E-state index contributed by atoms with van der Waals surface area (Å²) in [5.41, 5.74) is 1.44. The minimum absolute atomic E-state index is 0.0465. The van der Waals surface area contributed by atoms with Crippen LogP contribution in [0.3, 0.4) is 0 Å². The first-order chi connectivity index (χ1) is 9.24. The Bertz CT molecular complexity index is 573. The van der Waals surface area contributed by atoms with Crippen molar-refractivity contribution < 1.29 is 9.32 Å². The molecule has 4 nitrogen and oxygen atoms in total. The van der Waals surface area contributed by atoms with E-state index >= 15 is 0 Å². The van der Waals surface area contributed by atoms with Crippen LogP contribution < -0.4 is 5.32 Å². The van der Waals surface area contributed by atoms with Crippen LogP contribution >= 0.6 is 0 Å². The lowest BCUT2D eigenvalue weighted by Crippen LogP contribution is -2.26. The van der Waals surface area contributed by atoms with Crippen LogP contribution in [0.15, 0.2) is 40.9 Å². The summed E-state index contributed by atoms with van der Waals surface area (Å²) < 4.78 is 5.19. The summed E-state index contributed by atoms with van der Waals surface area (Å²) in [5.74, 6) is 1.12. The number of amides is 1. The lowest BCUT2D eigenvalue weighted by atomic mass is 10.1. The number of hydrogen-bond acceptors (Lipinski definition) is 3. The molecule has 1 amide bonds. The Hall–Kier alpha value is -2.10. The van der Waals surface area contributed by atoms with Gasteiger partial charge in [0.2, 0.25) is 0 Å². The van der Waals surface area contributed by atoms with Gasteiger partial charge in [0.1, 0.15) is 5.76 Å². The molecule has 0 aliphatic heterocycles. The standard InChI is InChI=1S/C15H16N2O2/c1-10(11-5-3-2-4-6-11)16-15(18)13-9-14(19-17-13)12-7-8-12/h2-6,9-10,12H,7-8H2,1H3,(H,16,18). The van der Waals surface area contributed by atoms with Crippen LogP contribution in [0.25, 0.3) is 0 Å². The van der Waals surface area contributed by atoms with Gasteiger partial charge >= 0.3 is 0 Å². The van der Waals surface area contributed by atoms with Crippen LogP contribution in [-0.4, -0.2) is 11.1 Å². The van der Waals surface area contributed by atoms with Crippen molar-refractivity contribution in [2.75, 3.05) is 0 Å². The molecular formula is C15H16N2O2. The fraction of sp³-hybridized carbons (Fsp3) is 0.333. The molecule has 0 saturated heterocycles. The first-order valence-corrected chi connectivity index (χ1v) is 6.56. The van der Waals surface area contributed by atoms with E-state index in [2.05, 4.69) is 10.5 Å². The maximum atomic E-state index is 12.1. The fourth-order valence-electron chi connectivity index (χ4n) is 2.05. The van der Waals surface area contributed by atoms with E-state index in [4.69, 9.17) is 4.52 Å². The summed E-state index contributed by atoms with van der Waals surface area (Å²) in [6.07, 6.45) is 2.27. The van der Waals surface area contributed by atoms with Crippen LogP contribution in [0.4, 0.5) is 0 Å². The van der Waals surface area contributed by atoms with Gasteiger partial charge in [0, 0.05) is 12.0 Å². The summed E-state index contributed by atoms with van der Waals surface area (Å²) in [6, 6.07) is 11.6. The highest BCUT2D eigenvalue weighted by atomic mass is 16.5. The second kappa shape index (κ2) is 4.88. The summed E-state index contributed by atoms with van der Waals surface area (Å²) in [5, 5.41) is 6.76. The quantitative estimate of drug-likeness (QED) is 0.914. The number of aromatic nitrogens is 1. The number of nitrogens with one attached hydrogen (secondary N) is 1. The van der Waals surface area contributed by atoms with Gasteiger partial charge in [-0.2, -0.15) is 0 Å². The van der Waals surface area contributed by atoms with E-state index in [-0.39, 0.29) is 11.9 Å². The van der Waals surface area contributed by atoms with Crippen molar-refractivity contribution in [2.45, 2.75) is 31.7 Å². The molecule has 1 heterocycles. The molecule has 1 unspecified atom stereocenters. The molecule has 1 aromatic carbocycles. The third-order valence-corrected chi connectivity index (χ3v) is 3.39. The molecule has 0 radical (unpaired) electrons. The Labute approximate surface area is 111 Å². The van der Waals surface area contributed by atoms with Crippen molar-refractivity contribution in [1.82, 2.24) is 10.5 Å². The molecule has 98 valence electrons. The summed E-state index contributed by atoms with van der Waals surface area (Å²) in [4.78, 5) is 12.1. The van der Waals surface area contributed by atoms with Gasteiger partial charge in [-0.15, -0.1) is 0 Å². The van der Waals surface area contributed by atoms with Crippen molar-refractivity contribution in [1.29, 1.82) is 0 Å². The van der Waals surface area contributed by atoms with Crippen molar-refractivity contribution in [3.63, 3.8) is 0 Å². The SMILES string of the molecule is CC(NC(=O)c1cc(C2CC2)on1)c1ccccc1. The molecule has 1 atom stereocenters. The molecule has 0 bridgehead atoms. The smallest absolute Gasteiger partial charge is 0.273 e. The van der Waals surface area contributed by atoms with Crippen molar-refractivity contribution in [2.24, 2.45) is 0 Å². The van der Waals surface area contributed by atoms with Crippen LogP contribution in [0, 0.1) is 0 Å². The number of rotatable bonds is 4. The second-order valence-corrected chi connectivity index (χ2v) is 4.99. The number of benzene rings is 1. The highest BCUT2D eigenvalue weighted by molar-refractivity contribution is 5.92. The van der Waals surface area contributed by atoms with Crippen molar-refractivity contribution >= 4 is 5.91 Å². The molecule has 1 fully saturated rings. The van der Waals surface area contributed by atoms with E-state index in [1.54, 1.807) is 6.07 Å². The van der Waals surface area contributed by atoms with Crippen molar-refractivity contribution in [3.8, 4) is 0 Å². The molecule has 2 aromatic rings. The molecule has 19 heavy (non-hydrogen) atoms. The average Bonchev–Trinajstić information content (AvgIpc) is 3.17. The van der Waals surface area contributed by atoms with Crippen LogP contribution in [0.5, 0.6) is 0 Å². The summed E-state index contributed by atoms with van der Waals surface area (Å²) >= 11 is 0. The van der Waals surface area contributed by atoms with Gasteiger partial charge in [-0.25, -0.2) is 0 Å². The third kappa shape index (κ3) is 2.67. The van der Waals surface area contributed by atoms with Crippen molar-refractivity contribution in [3.05, 3.63) is 53.4 Å². The Morgan fingerprint density at radius 2 is 2.11 bits per heavy atom. The number of carbonyl (C=O) groups is 1. The van der Waals surface area contributed by atoms with E-state index in [1.165, 1.54) is 0 Å². The van der Waals surface area contributed by atoms with Gasteiger partial charge in [0.25, 0.3) is 5.91 Å². The predicted octanol–water partition coefficient (Wildman–Crippen LogP) is 3.04. The van der Waals surface area contributed by atoms with E-state index in [1.807, 2.05) is 37.3 Å². The summed E-state index contributed by atoms with van der Waals surface area (Å²) in [6.45, 7) is 1.95. The first-order valence-electron chi connectivity index (χ1n) is 6.56. The highest BCUT2D eigenvalue weighted by Gasteiger charge is 2.29. The van der Waals surface area contributed by atoms with Gasteiger partial charge in [0.05, 0.1) is 6.04 Å². The molecule has 1 aromatic heterocycles. The highest BCUT2D eigenvalue weighted by Crippen LogP contribution is 2.40. The summed E-state index contributed by atoms with van der Waals surface area (Å²) in [7, 11) is 0. The van der Waals surface area contributed by atoms with E-state index < -0.39 is 0 Å². The van der Waals surface area contributed by atoms with Gasteiger partial charge in [0.15, 0.2) is 5.69 Å². The third-order valence-electron chi connectivity index (χ3n) is 3.39. The second-order valence-electron chi connectivity index (χ2n) is 4.99. The topological polar surface area (TPSA) is 55.1 Å². The normalized spacial score (nSPS) is 16.1. The fourth-order valence-corrected chi connectivity index (χ4v) is 2.05. The van der Waals surface area contributed by atoms with Crippen LogP contribution in [0.2, 0.25) is 0 Å². The Morgan fingerprint density at radius 3 is 2.79 bits per heavy atom. The average molecular weight is 256 g/mol. The van der Waals surface area contributed by atoms with E-state index in [0.29, 0.717) is 11.6 Å². The molecule has 3 rings (SSSR count). The zero-order chi connectivity index (χ0) is 13.2. The number of nitrogens with zero attached hydrogens (tertiary/aromatic N) is 1. The lowest BCUT2D eigenvalue weighted by Gasteiger charge is -2.12. The molecule has 1 aliphatic carbocycles. The monoisotopic (exact) mass is 256 g/mol. The maximum absolute atomic E-state index is 12.1. The minimum atomic E-state index is -0.188. The molecule has 1 aliphatic rings. The number of carbonyl (C=O) groups excluding carboxylic acids is 1. The number of hydrogen-bond donors (Lipinski definition) is 1. The Kier molecular flexibility index (Phi) is 3.07. The Balaban J connectivity index is 1.66. The van der Waals surface area contributed by atoms with Gasteiger partial charge in [-0.3, -0.25) is 4.79 Å². The molecular weight excluding hydrogens is 240 g/mol. The van der Waals surface area contributed by atoms with E-state index in [0.717, 1.165) is 24.2 Å². The first kappa shape index (κ1) is 12.0. The zero-order valence-electron chi connectivity index (χ0n) is 10.8. The molecule has 1 saturated carbocycles. The van der Waals surface area contributed by atoms with Gasteiger partial charge in [-0.05, 0) is 25.3 Å². The van der Waals surface area contributed by atoms with Crippen LogP contribution in [0.1, 0.15) is 53.5 Å². The molecule has 4 heteroatoms. The van der Waals surface area contributed by atoms with Gasteiger partial charge < -0.3 is 9.84 Å². The molecule has 1 N–H and O–H groups in total. The minimum Gasteiger partial charge on any atom is -0.360 e. The lowest BCUT2D eigenvalue weighted by molar-refractivity contribution is 0.0930. The zero-order valence-corrected chi connectivity index (χ0v) is 10.8. The molecule has 0 spiro atoms. The Morgan fingerprint density at radius 1 is 1.37 bits per heavy atom. The maximum Gasteiger partial charge on any atom is 0.273 e. The predicted molar refractivity (Wildman–Crippen MR) is 70.8 cm³/mol.